The molecule has 3 N–H and O–H groups in total. The molecule has 0 aliphatic heterocycles. The Kier molecular flexibility index (Phi) is 3.39. The van der Waals surface area contributed by atoms with E-state index >= 15 is 0 Å². The van der Waals surface area contributed by atoms with Crippen molar-refractivity contribution in [3.63, 3.8) is 0 Å². The lowest BCUT2D eigenvalue weighted by Crippen LogP contribution is -2.37. The van der Waals surface area contributed by atoms with Crippen LogP contribution in [0.1, 0.15) is 43.2 Å². The number of hydrogen-bond acceptors (Lipinski definition) is 2. The van der Waals surface area contributed by atoms with Crippen molar-refractivity contribution in [3.8, 4) is 0 Å². The monoisotopic (exact) mass is 204 g/mol. The number of benzene rings is 1. The molecule has 0 saturated heterocycles. The normalized spacial score (nSPS) is 20.5. The van der Waals surface area contributed by atoms with E-state index in [-0.39, 0.29) is 0 Å². The van der Waals surface area contributed by atoms with Gasteiger partial charge in [0.1, 0.15) is 0 Å². The van der Waals surface area contributed by atoms with Crippen molar-refractivity contribution in [2.24, 2.45) is 5.84 Å². The van der Waals surface area contributed by atoms with Crippen LogP contribution in [0.2, 0.25) is 0 Å². The smallest absolute Gasteiger partial charge is 0.0216 e. The van der Waals surface area contributed by atoms with E-state index in [1.165, 1.54) is 36.8 Å². The lowest BCUT2D eigenvalue weighted by molar-refractivity contribution is 0.401. The number of nitrogens with one attached hydrogen (secondary N) is 1. The van der Waals surface area contributed by atoms with Gasteiger partial charge in [0.15, 0.2) is 0 Å². The quantitative estimate of drug-likeness (QED) is 0.570. The highest BCUT2D eigenvalue weighted by molar-refractivity contribution is 5.39. The molecule has 1 aromatic rings. The molecule has 0 fully saturated rings. The van der Waals surface area contributed by atoms with Crippen LogP contribution in [0.15, 0.2) is 24.3 Å². The molecule has 2 rings (SSSR count). The fraction of sp³-hybridized carbons (Fsp3) is 0.538. The van der Waals surface area contributed by atoms with Crippen molar-refractivity contribution in [1.82, 2.24) is 5.43 Å². The van der Waals surface area contributed by atoms with E-state index in [0.29, 0.717) is 6.04 Å². The minimum Gasteiger partial charge on any atom is -0.271 e. The lowest BCUT2D eigenvalue weighted by Gasteiger charge is -2.32. The van der Waals surface area contributed by atoms with Gasteiger partial charge in [0, 0.05) is 6.04 Å². The molecule has 0 saturated carbocycles. The average Bonchev–Trinajstić information content (AvgIpc) is 2.24. The first kappa shape index (κ1) is 10.7. The van der Waals surface area contributed by atoms with Gasteiger partial charge in [-0.15, -0.1) is 0 Å². The van der Waals surface area contributed by atoms with Crippen LogP contribution in [0, 0.1) is 0 Å². The summed E-state index contributed by atoms with van der Waals surface area (Å²) in [6, 6.07) is 9.23. The number of fused-ring (bicyclic) bond motifs is 1. The average molecular weight is 204 g/mol. The third-order valence-electron chi connectivity index (χ3n) is 3.40. The van der Waals surface area contributed by atoms with E-state index in [9.17, 15) is 0 Å². The maximum Gasteiger partial charge on any atom is 0.0216 e. The Morgan fingerprint density at radius 2 is 2.27 bits per heavy atom. The van der Waals surface area contributed by atoms with E-state index in [2.05, 4.69) is 36.6 Å². The van der Waals surface area contributed by atoms with Crippen LogP contribution in [0.5, 0.6) is 0 Å². The molecule has 1 aliphatic rings. The van der Waals surface area contributed by atoms with Gasteiger partial charge in [-0.05, 0) is 36.3 Å². The summed E-state index contributed by atoms with van der Waals surface area (Å²) in [6.07, 6.45) is 4.79. The highest BCUT2D eigenvalue weighted by Crippen LogP contribution is 2.38. The van der Waals surface area contributed by atoms with Crippen molar-refractivity contribution in [1.29, 1.82) is 0 Å². The Bertz CT molecular complexity index is 322. The van der Waals surface area contributed by atoms with Gasteiger partial charge in [-0.3, -0.25) is 11.3 Å². The van der Waals surface area contributed by atoms with Gasteiger partial charge in [-0.25, -0.2) is 0 Å². The summed E-state index contributed by atoms with van der Waals surface area (Å²) in [4.78, 5) is 0. The zero-order valence-corrected chi connectivity index (χ0v) is 9.37. The van der Waals surface area contributed by atoms with Gasteiger partial charge in [-0.2, -0.15) is 0 Å². The Morgan fingerprint density at radius 1 is 1.47 bits per heavy atom. The van der Waals surface area contributed by atoms with E-state index in [4.69, 9.17) is 5.84 Å². The minimum absolute atomic E-state index is 0.480. The molecule has 82 valence electrons. The summed E-state index contributed by atoms with van der Waals surface area (Å²) in [7, 11) is 0. The topological polar surface area (TPSA) is 38.0 Å². The van der Waals surface area contributed by atoms with Gasteiger partial charge >= 0.3 is 0 Å². The maximum absolute atomic E-state index is 5.56. The minimum atomic E-state index is 0.480. The Morgan fingerprint density at radius 3 is 2.93 bits per heavy atom. The van der Waals surface area contributed by atoms with Gasteiger partial charge in [0.25, 0.3) is 0 Å². The van der Waals surface area contributed by atoms with Crippen molar-refractivity contribution in [3.05, 3.63) is 35.4 Å². The highest BCUT2D eigenvalue weighted by atomic mass is 15.2. The molecule has 2 heteroatoms. The predicted octanol–water partition coefficient (Wildman–Crippen LogP) is 2.35. The standard InChI is InChI=1S/C13H20N2/c1-2-5-12(15-14)9-11-8-10-6-3-4-7-13(10)11/h3-4,6-7,11-12,15H,2,5,8-9,14H2,1H3. The molecule has 0 bridgehead atoms. The molecule has 1 aromatic carbocycles. The maximum atomic E-state index is 5.56. The van der Waals surface area contributed by atoms with Gasteiger partial charge in [0.05, 0.1) is 0 Å². The molecule has 0 aromatic heterocycles. The number of rotatable bonds is 5. The number of hydrogen-bond donors (Lipinski definition) is 2. The molecule has 2 atom stereocenters. The van der Waals surface area contributed by atoms with E-state index in [1.807, 2.05) is 0 Å². The molecule has 15 heavy (non-hydrogen) atoms. The lowest BCUT2D eigenvalue weighted by atomic mass is 9.74. The second-order valence-corrected chi connectivity index (χ2v) is 4.49. The zero-order valence-electron chi connectivity index (χ0n) is 9.37. The first-order chi connectivity index (χ1) is 7.35. The Labute approximate surface area is 91.8 Å². The van der Waals surface area contributed by atoms with Crippen LogP contribution >= 0.6 is 0 Å². The molecule has 1 aliphatic carbocycles. The zero-order chi connectivity index (χ0) is 10.7. The molecular weight excluding hydrogens is 184 g/mol. The SMILES string of the molecule is CCCC(CC1Cc2ccccc21)NN. The third-order valence-corrected chi connectivity index (χ3v) is 3.40. The summed E-state index contributed by atoms with van der Waals surface area (Å²) in [6.45, 7) is 2.21. The summed E-state index contributed by atoms with van der Waals surface area (Å²) < 4.78 is 0. The summed E-state index contributed by atoms with van der Waals surface area (Å²) >= 11 is 0. The summed E-state index contributed by atoms with van der Waals surface area (Å²) in [5.41, 5.74) is 5.99. The number of hydrazine groups is 1. The summed E-state index contributed by atoms with van der Waals surface area (Å²) in [5.74, 6) is 6.29. The Balaban J connectivity index is 1.93. The van der Waals surface area contributed by atoms with Crippen LogP contribution in [0.3, 0.4) is 0 Å². The van der Waals surface area contributed by atoms with Gasteiger partial charge in [0.2, 0.25) is 0 Å². The van der Waals surface area contributed by atoms with Crippen molar-refractivity contribution >= 4 is 0 Å². The second-order valence-electron chi connectivity index (χ2n) is 4.49. The van der Waals surface area contributed by atoms with Crippen LogP contribution in [0.25, 0.3) is 0 Å². The third kappa shape index (κ3) is 2.21. The van der Waals surface area contributed by atoms with Crippen LogP contribution < -0.4 is 11.3 Å². The fourth-order valence-corrected chi connectivity index (χ4v) is 2.53. The summed E-state index contributed by atoms with van der Waals surface area (Å²) in [5, 5.41) is 0. The molecule has 0 radical (unpaired) electrons. The van der Waals surface area contributed by atoms with Gasteiger partial charge < -0.3 is 0 Å². The van der Waals surface area contributed by atoms with Crippen molar-refractivity contribution in [2.75, 3.05) is 0 Å². The molecule has 0 heterocycles. The first-order valence-corrected chi connectivity index (χ1v) is 5.89. The van der Waals surface area contributed by atoms with Crippen LogP contribution in [0.4, 0.5) is 0 Å². The van der Waals surface area contributed by atoms with Crippen LogP contribution in [-0.2, 0) is 6.42 Å². The first-order valence-electron chi connectivity index (χ1n) is 5.89. The Hall–Kier alpha value is -0.860. The highest BCUT2D eigenvalue weighted by Gasteiger charge is 2.27. The van der Waals surface area contributed by atoms with Gasteiger partial charge in [-0.1, -0.05) is 37.6 Å². The van der Waals surface area contributed by atoms with Crippen molar-refractivity contribution < 1.29 is 0 Å². The largest absolute Gasteiger partial charge is 0.271 e. The molecule has 2 nitrogen and oxygen atoms in total. The number of nitrogens with two attached hydrogens (primary N) is 1. The predicted molar refractivity (Wildman–Crippen MR) is 63.5 cm³/mol. The fourth-order valence-electron chi connectivity index (χ4n) is 2.53. The van der Waals surface area contributed by atoms with E-state index in [0.717, 1.165) is 5.92 Å². The van der Waals surface area contributed by atoms with Crippen LogP contribution in [-0.4, -0.2) is 6.04 Å². The molecule has 0 spiro atoms. The van der Waals surface area contributed by atoms with Crippen molar-refractivity contribution in [2.45, 2.75) is 44.6 Å². The molecular formula is C13H20N2. The molecule has 2 unspecified atom stereocenters. The van der Waals surface area contributed by atoms with E-state index in [1.54, 1.807) is 0 Å². The van der Waals surface area contributed by atoms with E-state index < -0.39 is 0 Å². The molecule has 0 amide bonds. The second kappa shape index (κ2) is 4.77.